The lowest BCUT2D eigenvalue weighted by atomic mass is 9.78. The molecule has 3 aliphatic rings. The SMILES string of the molecule is CC[C@H]1OC(=O)[C@H](C)C(=O)[C@H](C)[C@@H](O[C@@H]2OC(C)CC(N(C)C)C2P=O)[C@](C)(OC)C[C@@H](C)C(=O)N[C@H](C)[C@H]2N(CCCCN=[N+]=[N-])C(=O)O[C@]12C. The lowest BCUT2D eigenvalue weighted by molar-refractivity contribution is -0.260. The van der Waals surface area contributed by atoms with Crippen LogP contribution in [0.1, 0.15) is 87.5 Å². The van der Waals surface area contributed by atoms with Gasteiger partial charge < -0.3 is 33.9 Å². The van der Waals surface area contributed by atoms with E-state index in [0.29, 0.717) is 19.3 Å². The van der Waals surface area contributed by atoms with E-state index in [1.54, 1.807) is 41.5 Å². The molecule has 1 N–H and O–H groups in total. The third kappa shape index (κ3) is 9.43. The van der Waals surface area contributed by atoms with Crippen LogP contribution < -0.4 is 5.32 Å². The molecule has 0 radical (unpaired) electrons. The highest BCUT2D eigenvalue weighted by Gasteiger charge is 2.59. The van der Waals surface area contributed by atoms with Crippen molar-refractivity contribution in [3.8, 4) is 0 Å². The molecule has 13 atom stereocenters. The number of azide groups is 1. The van der Waals surface area contributed by atoms with E-state index in [0.717, 1.165) is 0 Å². The van der Waals surface area contributed by atoms with Crippen LogP contribution in [-0.4, -0.2) is 127 Å². The lowest BCUT2D eigenvalue weighted by Gasteiger charge is -2.46. The van der Waals surface area contributed by atoms with Crippen LogP contribution >= 0.6 is 8.46 Å². The molecule has 3 aliphatic heterocycles. The largest absolute Gasteiger partial charge is 0.458 e. The summed E-state index contributed by atoms with van der Waals surface area (Å²) in [6.45, 7) is 14.3. The molecule has 52 heavy (non-hydrogen) atoms. The molecule has 0 bridgehead atoms. The Morgan fingerprint density at radius 1 is 1.12 bits per heavy atom. The van der Waals surface area contributed by atoms with E-state index in [-0.39, 0.29) is 52.4 Å². The van der Waals surface area contributed by atoms with Gasteiger partial charge in [-0.05, 0) is 86.3 Å². The summed E-state index contributed by atoms with van der Waals surface area (Å²) < 4.78 is 43.7. The average Bonchev–Trinajstić information content (AvgIpc) is 3.36. The monoisotopic (exact) mass is 754 g/mol. The van der Waals surface area contributed by atoms with Crippen molar-refractivity contribution in [1.29, 1.82) is 0 Å². The quantitative estimate of drug-likeness (QED) is 0.0574. The van der Waals surface area contributed by atoms with E-state index in [4.69, 9.17) is 29.2 Å². The summed E-state index contributed by atoms with van der Waals surface area (Å²) in [5, 5.41) is 6.65. The maximum Gasteiger partial charge on any atom is 0.410 e. The first kappa shape index (κ1) is 43.5. The molecule has 17 heteroatoms. The summed E-state index contributed by atoms with van der Waals surface area (Å²) in [6, 6.07) is -1.58. The van der Waals surface area contributed by atoms with Crippen molar-refractivity contribution in [3.05, 3.63) is 10.4 Å². The molecule has 0 spiro atoms. The number of ketones is 1. The van der Waals surface area contributed by atoms with Crippen LogP contribution in [0, 0.1) is 17.8 Å². The number of unbranched alkanes of at least 4 members (excludes halogenated alkanes) is 1. The summed E-state index contributed by atoms with van der Waals surface area (Å²) in [5.74, 6) is -4.51. The molecule has 0 aliphatic carbocycles. The van der Waals surface area contributed by atoms with Gasteiger partial charge >= 0.3 is 12.1 Å². The number of esters is 1. The first-order valence-corrected chi connectivity index (χ1v) is 19.2. The second-order valence-corrected chi connectivity index (χ2v) is 16.1. The highest BCUT2D eigenvalue weighted by atomic mass is 31.1. The predicted octanol–water partition coefficient (Wildman–Crippen LogP) is 4.88. The molecule has 3 heterocycles. The zero-order chi connectivity index (χ0) is 39.1. The van der Waals surface area contributed by atoms with Crippen LogP contribution in [0.5, 0.6) is 0 Å². The van der Waals surface area contributed by atoms with E-state index in [1.165, 1.54) is 18.9 Å². The van der Waals surface area contributed by atoms with Gasteiger partial charge in [-0.25, -0.2) is 4.79 Å². The number of carbonyl (C=O) groups is 4. The van der Waals surface area contributed by atoms with Gasteiger partial charge in [-0.1, -0.05) is 25.9 Å². The fourth-order valence-corrected chi connectivity index (χ4v) is 8.94. The van der Waals surface area contributed by atoms with Crippen molar-refractivity contribution in [1.82, 2.24) is 15.1 Å². The van der Waals surface area contributed by atoms with E-state index in [9.17, 15) is 23.7 Å². The van der Waals surface area contributed by atoms with Gasteiger partial charge in [0.25, 0.3) is 0 Å². The molecule has 0 aromatic rings. The molecule has 0 aromatic carbocycles. The topological polar surface area (TPSA) is 199 Å². The smallest absolute Gasteiger partial charge is 0.410 e. The summed E-state index contributed by atoms with van der Waals surface area (Å²) >= 11 is 0. The molecular weight excluding hydrogens is 695 g/mol. The molecule has 3 rings (SSSR count). The number of hydrogen-bond acceptors (Lipinski definition) is 12. The summed E-state index contributed by atoms with van der Waals surface area (Å²) in [5.41, 5.74) is 5.39. The highest BCUT2D eigenvalue weighted by Crippen LogP contribution is 2.41. The Labute approximate surface area is 309 Å². The number of nitrogens with one attached hydrogen (secondary N) is 1. The van der Waals surface area contributed by atoms with Gasteiger partial charge in [0.1, 0.15) is 17.7 Å². The number of Topliss-reactive ketones (excluding diaryl/α,β-unsaturated/α-hetero) is 1. The van der Waals surface area contributed by atoms with Crippen LogP contribution in [0.4, 0.5) is 4.79 Å². The summed E-state index contributed by atoms with van der Waals surface area (Å²) in [6.07, 6.45) is -1.89. The van der Waals surface area contributed by atoms with Gasteiger partial charge in [0.2, 0.25) is 5.91 Å². The molecular formula is C35H59N6O10P. The zero-order valence-electron chi connectivity index (χ0n) is 32.6. The van der Waals surface area contributed by atoms with Crippen LogP contribution in [0.15, 0.2) is 5.11 Å². The number of methoxy groups -OCH3 is 1. The lowest BCUT2D eigenvalue weighted by Crippen LogP contribution is -2.61. The number of ether oxygens (including phenoxy) is 5. The normalized spacial score (nSPS) is 39.5. The van der Waals surface area contributed by atoms with E-state index < -0.39 is 83.0 Å². The number of rotatable bonds is 11. The van der Waals surface area contributed by atoms with E-state index >= 15 is 0 Å². The Morgan fingerprint density at radius 3 is 2.37 bits per heavy atom. The van der Waals surface area contributed by atoms with Crippen LogP contribution in [-0.2, 0) is 42.6 Å². The van der Waals surface area contributed by atoms with Gasteiger partial charge in [0.05, 0.1) is 29.9 Å². The predicted molar refractivity (Wildman–Crippen MR) is 192 cm³/mol. The van der Waals surface area contributed by atoms with Crippen LogP contribution in [0.2, 0.25) is 0 Å². The number of cyclic esters (lactones) is 1. The number of hydrogen-bond donors (Lipinski definition) is 1. The van der Waals surface area contributed by atoms with Crippen LogP contribution in [0.25, 0.3) is 10.4 Å². The van der Waals surface area contributed by atoms with Gasteiger partial charge in [0.15, 0.2) is 26.1 Å². The first-order chi connectivity index (χ1) is 24.4. The average molecular weight is 755 g/mol. The third-order valence-electron chi connectivity index (χ3n) is 11.1. The standard InChI is InChI=1S/C35H59N6O10P/c1-12-25-35(8)28(41(33(45)51-35)16-14-13-15-37-39-36)23(6)38-30(43)19(2)18-34(7,47-11)29(21(4)26(42)22(5)31(44)49-25)50-32-27(52-46)24(40(9)10)17-20(3)48-32/h19-25,27-29,32H,12-18H2,1-11H3,(H,38,43)/t19-,20?,21+,22-,23-,24?,25-,27?,28-,29-,32+,34-,35-/m1/s1. The van der Waals surface area contributed by atoms with Crippen molar-refractivity contribution in [2.24, 2.45) is 22.9 Å². The fourth-order valence-electron chi connectivity index (χ4n) is 8.17. The maximum absolute atomic E-state index is 14.3. The zero-order valence-corrected chi connectivity index (χ0v) is 33.5. The van der Waals surface area contributed by atoms with Gasteiger partial charge in [-0.15, -0.1) is 0 Å². The Hall–Kier alpha value is -2.87. The molecule has 0 aromatic heterocycles. The first-order valence-electron chi connectivity index (χ1n) is 18.3. The van der Waals surface area contributed by atoms with E-state index in [1.807, 2.05) is 25.9 Å². The summed E-state index contributed by atoms with van der Waals surface area (Å²) in [4.78, 5) is 61.9. The second-order valence-electron chi connectivity index (χ2n) is 15.3. The van der Waals surface area contributed by atoms with E-state index in [2.05, 4.69) is 15.3 Å². The van der Waals surface area contributed by atoms with Crippen molar-refractivity contribution < 1.29 is 47.4 Å². The van der Waals surface area contributed by atoms with Gasteiger partial charge in [0, 0.05) is 43.0 Å². The molecule has 2 amide bonds. The van der Waals surface area contributed by atoms with Crippen molar-refractivity contribution in [2.45, 2.75) is 147 Å². The Bertz CT molecular complexity index is 1350. The Kier molecular flexibility index (Phi) is 15.4. The molecule has 0 saturated carbocycles. The highest BCUT2D eigenvalue weighted by molar-refractivity contribution is 7.25. The van der Waals surface area contributed by atoms with Crippen LogP contribution in [0.3, 0.4) is 0 Å². The molecule has 3 fully saturated rings. The number of fused-ring (bicyclic) bond motifs is 1. The molecule has 16 nitrogen and oxygen atoms in total. The Balaban J connectivity index is 2.09. The molecule has 3 saturated heterocycles. The van der Waals surface area contributed by atoms with Crippen molar-refractivity contribution in [3.63, 3.8) is 0 Å². The third-order valence-corrected chi connectivity index (χ3v) is 12.0. The van der Waals surface area contributed by atoms with Gasteiger partial charge in [-0.2, -0.15) is 0 Å². The van der Waals surface area contributed by atoms with Crippen molar-refractivity contribution >= 4 is 32.2 Å². The minimum absolute atomic E-state index is 0.0976. The van der Waals surface area contributed by atoms with Gasteiger partial charge in [-0.3, -0.25) is 23.8 Å². The number of amides is 2. The minimum atomic E-state index is -1.39. The minimum Gasteiger partial charge on any atom is -0.458 e. The molecule has 294 valence electrons. The Morgan fingerprint density at radius 2 is 1.79 bits per heavy atom. The number of nitrogens with zero attached hydrogens (tertiary/aromatic N) is 5. The fraction of sp³-hybridized carbons (Fsp3) is 0.886. The maximum atomic E-state index is 14.3. The number of carbonyl (C=O) groups excluding carboxylic acids is 4. The molecule has 3 unspecified atom stereocenters. The summed E-state index contributed by atoms with van der Waals surface area (Å²) in [7, 11) is 5.07. The second kappa shape index (κ2) is 18.4. The van der Waals surface area contributed by atoms with Crippen molar-refractivity contribution in [2.75, 3.05) is 34.3 Å².